The van der Waals surface area contributed by atoms with Crippen molar-refractivity contribution in [3.8, 4) is 0 Å². The maximum Gasteiger partial charge on any atom is 0.333 e. The molecule has 4 aliphatic rings. The van der Waals surface area contributed by atoms with Crippen LogP contribution in [0.25, 0.3) is 0 Å². The maximum absolute atomic E-state index is 14.1. The first-order valence-corrected chi connectivity index (χ1v) is 24.9. The number of rotatable bonds is 20. The molecule has 2 amide bonds. The number of aromatic nitrogens is 2. The second-order valence-corrected chi connectivity index (χ2v) is 21.0. The van der Waals surface area contributed by atoms with Gasteiger partial charge < -0.3 is 34.3 Å². The van der Waals surface area contributed by atoms with Gasteiger partial charge in [0.05, 0.1) is 24.2 Å². The number of nitrogens with zero attached hydrogens (tertiary/aromatic N) is 3. The van der Waals surface area contributed by atoms with E-state index in [1.807, 2.05) is 39.8 Å². The summed E-state index contributed by atoms with van der Waals surface area (Å²) in [5.41, 5.74) is 1.91. The molecule has 358 valence electrons. The predicted molar refractivity (Wildman–Crippen MR) is 242 cm³/mol. The highest BCUT2D eigenvalue weighted by atomic mass is 32.2. The molecule has 2 saturated heterocycles. The van der Waals surface area contributed by atoms with E-state index >= 15 is 0 Å². The number of carbonyl (C=O) groups is 2. The predicted octanol–water partition coefficient (Wildman–Crippen LogP) is 5.69. The Balaban J connectivity index is 1.05. The molecule has 2 aliphatic carbocycles. The monoisotopic (exact) mass is 916 g/mol. The molecule has 0 radical (unpaired) electrons. The van der Waals surface area contributed by atoms with Crippen LogP contribution in [0.1, 0.15) is 165 Å². The number of carbonyl (C=O) groups excluding carboxylic acids is 2. The van der Waals surface area contributed by atoms with E-state index in [-0.39, 0.29) is 61.9 Å². The minimum absolute atomic E-state index is 0.0238. The van der Waals surface area contributed by atoms with Crippen molar-refractivity contribution in [3.05, 3.63) is 61.4 Å². The summed E-state index contributed by atoms with van der Waals surface area (Å²) in [6.45, 7) is 13.7. The first-order valence-electron chi connectivity index (χ1n) is 23.5. The van der Waals surface area contributed by atoms with Crippen LogP contribution in [0.5, 0.6) is 0 Å². The van der Waals surface area contributed by atoms with Gasteiger partial charge in [0.25, 0.3) is 5.56 Å². The van der Waals surface area contributed by atoms with Crippen molar-refractivity contribution in [1.29, 1.82) is 0 Å². The Morgan fingerprint density at radius 1 is 0.859 bits per heavy atom. The fourth-order valence-electron chi connectivity index (χ4n) is 9.50. The third kappa shape index (κ3) is 11.2. The summed E-state index contributed by atoms with van der Waals surface area (Å²) in [5, 5.41) is 5.31. The Labute approximate surface area is 379 Å². The van der Waals surface area contributed by atoms with Gasteiger partial charge in [0.1, 0.15) is 18.4 Å². The van der Waals surface area contributed by atoms with Crippen molar-refractivity contribution >= 4 is 21.8 Å². The molecule has 4 fully saturated rings. The van der Waals surface area contributed by atoms with Gasteiger partial charge in [-0.3, -0.25) is 23.5 Å². The zero-order chi connectivity index (χ0) is 46.6. The Kier molecular flexibility index (Phi) is 16.4. The highest BCUT2D eigenvalue weighted by molar-refractivity contribution is 7.89. The van der Waals surface area contributed by atoms with Gasteiger partial charge in [-0.1, -0.05) is 66.5 Å². The highest BCUT2D eigenvalue weighted by Gasteiger charge is 2.51. The largest absolute Gasteiger partial charge is 0.355 e. The van der Waals surface area contributed by atoms with Crippen LogP contribution in [-0.4, -0.2) is 104 Å². The van der Waals surface area contributed by atoms with Crippen molar-refractivity contribution in [3.63, 3.8) is 0 Å². The van der Waals surface area contributed by atoms with E-state index in [2.05, 4.69) is 24.5 Å². The van der Waals surface area contributed by atoms with E-state index in [1.54, 1.807) is 21.1 Å². The summed E-state index contributed by atoms with van der Waals surface area (Å²) in [6, 6.07) is 3.01. The van der Waals surface area contributed by atoms with Crippen LogP contribution in [0.15, 0.2) is 32.8 Å². The lowest BCUT2D eigenvalue weighted by molar-refractivity contribution is -0.282. The molecular weight excluding hydrogens is 843 g/mol. The quantitative estimate of drug-likeness (QED) is 0.0946. The van der Waals surface area contributed by atoms with Crippen molar-refractivity contribution in [2.24, 2.45) is 0 Å². The number of aryl methyl sites for hydroxylation is 1. The summed E-state index contributed by atoms with van der Waals surface area (Å²) in [4.78, 5) is 53.6. The number of ether oxygens (including phenoxy) is 5. The lowest BCUT2D eigenvalue weighted by Crippen LogP contribution is -2.45. The van der Waals surface area contributed by atoms with Crippen LogP contribution < -0.4 is 21.9 Å². The van der Waals surface area contributed by atoms with E-state index in [0.29, 0.717) is 12.0 Å². The first kappa shape index (κ1) is 50.0. The SMILES string of the molecule is COC1(OC[C@H]2O[C@@H](n3cc(C)c(=O)n(CCCNC(=O)CNC(=O)C4CN4S(=O)(=O)c4c(C(C)C)cc(C(C)C)cc4C(C)C)c3=O)C[C@@H]2OC2(OC)CCCCC2)CCCCC1. The van der Waals surface area contributed by atoms with Crippen LogP contribution >= 0.6 is 0 Å². The Morgan fingerprint density at radius 2 is 1.45 bits per heavy atom. The third-order valence-corrected chi connectivity index (χ3v) is 15.5. The maximum atomic E-state index is 14.1. The molecule has 2 N–H and O–H groups in total. The fourth-order valence-corrected chi connectivity index (χ4v) is 11.7. The molecule has 2 aromatic rings. The lowest BCUT2D eigenvalue weighted by Gasteiger charge is -2.40. The Bertz CT molecular complexity index is 2160. The number of benzene rings is 1. The molecule has 1 aromatic carbocycles. The molecule has 2 unspecified atom stereocenters. The van der Waals surface area contributed by atoms with E-state index in [4.69, 9.17) is 23.7 Å². The molecule has 17 heteroatoms. The van der Waals surface area contributed by atoms with Gasteiger partial charge in [0.2, 0.25) is 21.8 Å². The number of nitrogens with one attached hydrogen (secondary N) is 2. The molecule has 16 nitrogen and oxygen atoms in total. The summed E-state index contributed by atoms with van der Waals surface area (Å²) in [5.74, 6) is -2.39. The molecule has 5 atom stereocenters. The van der Waals surface area contributed by atoms with Crippen molar-refractivity contribution in [2.75, 3.05) is 40.5 Å². The van der Waals surface area contributed by atoms with Crippen LogP contribution in [-0.2, 0) is 49.8 Å². The van der Waals surface area contributed by atoms with Crippen molar-refractivity contribution in [1.82, 2.24) is 24.1 Å². The minimum atomic E-state index is -3.99. The van der Waals surface area contributed by atoms with E-state index < -0.39 is 69.1 Å². The second-order valence-electron chi connectivity index (χ2n) is 19.1. The summed E-state index contributed by atoms with van der Waals surface area (Å²) in [7, 11) is -0.653. The zero-order valence-corrected chi connectivity index (χ0v) is 40.4. The standard InChI is InChI=1S/C47H73N5O11S/c1-30(2)34-23-35(31(3)4)42(36(24-34)32(5)6)64(57,58)52-28-37(52)43(54)49-26-40(53)48-21-16-22-50-44(55)33(7)27-51(45(50)56)41-25-38(63-47(60-9)19-14-11-15-20-47)39(62-41)29-61-46(59-8)17-12-10-13-18-46/h23-24,27,30-32,37-39,41H,10-22,25-26,28-29H2,1-9H3,(H,48,53)(H,49,54)/t37?,38-,39+,41+,52?/m0/s1. The molecule has 2 aliphatic heterocycles. The van der Waals surface area contributed by atoms with E-state index in [1.165, 1.54) is 15.1 Å². The van der Waals surface area contributed by atoms with Gasteiger partial charge in [0.15, 0.2) is 11.6 Å². The van der Waals surface area contributed by atoms with Crippen molar-refractivity contribution in [2.45, 2.75) is 191 Å². The molecule has 2 saturated carbocycles. The number of hydrogen-bond acceptors (Lipinski definition) is 11. The van der Waals surface area contributed by atoms with E-state index in [9.17, 15) is 27.6 Å². The number of hydrogen-bond donors (Lipinski definition) is 2. The summed E-state index contributed by atoms with van der Waals surface area (Å²) >= 11 is 0. The normalized spacial score (nSPS) is 24.3. The van der Waals surface area contributed by atoms with E-state index in [0.717, 1.165) is 85.5 Å². The van der Waals surface area contributed by atoms with Gasteiger partial charge in [-0.2, -0.15) is 4.31 Å². The molecule has 0 spiro atoms. The number of methoxy groups -OCH3 is 2. The summed E-state index contributed by atoms with van der Waals surface area (Å²) in [6.07, 6.45) is 9.70. The third-order valence-electron chi connectivity index (χ3n) is 13.5. The summed E-state index contributed by atoms with van der Waals surface area (Å²) < 4.78 is 63.6. The van der Waals surface area contributed by atoms with Crippen molar-refractivity contribution < 1.29 is 41.7 Å². The van der Waals surface area contributed by atoms with Gasteiger partial charge in [0, 0.05) is 77.7 Å². The second kappa shape index (κ2) is 21.0. The molecule has 3 heterocycles. The Morgan fingerprint density at radius 3 is 2.02 bits per heavy atom. The van der Waals surface area contributed by atoms with Crippen LogP contribution in [0.2, 0.25) is 0 Å². The topological polar surface area (TPSA) is 185 Å². The number of sulfonamides is 1. The van der Waals surface area contributed by atoms with Crippen LogP contribution in [0, 0.1) is 6.92 Å². The smallest absolute Gasteiger partial charge is 0.333 e. The fraction of sp³-hybridized carbons (Fsp3) is 0.745. The van der Waals surface area contributed by atoms with Crippen LogP contribution in [0.3, 0.4) is 0 Å². The minimum Gasteiger partial charge on any atom is -0.355 e. The zero-order valence-electron chi connectivity index (χ0n) is 39.5. The molecular formula is C47H73N5O11S. The number of amides is 2. The van der Waals surface area contributed by atoms with Gasteiger partial charge >= 0.3 is 5.69 Å². The first-order chi connectivity index (χ1) is 30.4. The van der Waals surface area contributed by atoms with Gasteiger partial charge in [-0.05, 0) is 73.5 Å². The van der Waals surface area contributed by atoms with Gasteiger partial charge in [-0.15, -0.1) is 0 Å². The molecule has 0 bridgehead atoms. The average molecular weight is 916 g/mol. The molecule has 1 aromatic heterocycles. The van der Waals surface area contributed by atoms with Crippen LogP contribution in [0.4, 0.5) is 0 Å². The lowest BCUT2D eigenvalue weighted by atomic mass is 9.89. The van der Waals surface area contributed by atoms with Gasteiger partial charge in [-0.25, -0.2) is 13.2 Å². The molecule has 6 rings (SSSR count). The average Bonchev–Trinajstić information content (AvgIpc) is 4.01. The molecule has 64 heavy (non-hydrogen) atoms. The Hall–Kier alpha value is -3.45. The highest BCUT2D eigenvalue weighted by Crippen LogP contribution is 2.42.